The Bertz CT molecular complexity index is 254. The molecule has 0 saturated heterocycles. The minimum atomic E-state index is -0.000862. The number of carbonyl (C=O) groups is 1. The van der Waals surface area contributed by atoms with Crippen LogP contribution in [0.25, 0.3) is 0 Å². The van der Waals surface area contributed by atoms with Crippen molar-refractivity contribution in [2.45, 2.75) is 6.42 Å². The molecule has 0 rings (SSSR count). The van der Waals surface area contributed by atoms with Gasteiger partial charge >= 0.3 is 0 Å². The summed E-state index contributed by atoms with van der Waals surface area (Å²) < 4.78 is 21.1. The van der Waals surface area contributed by atoms with Crippen molar-refractivity contribution in [3.8, 4) is 0 Å². The summed E-state index contributed by atoms with van der Waals surface area (Å²) in [4.78, 5) is 11.1. The van der Waals surface area contributed by atoms with E-state index in [0.717, 1.165) is 0 Å². The van der Waals surface area contributed by atoms with Crippen molar-refractivity contribution in [1.29, 1.82) is 0 Å². The first kappa shape index (κ1) is 20.4. The van der Waals surface area contributed by atoms with E-state index in [1.54, 1.807) is 6.08 Å². The van der Waals surface area contributed by atoms with Crippen LogP contribution in [0.3, 0.4) is 0 Å². The molecule has 0 radical (unpaired) electrons. The summed E-state index contributed by atoms with van der Waals surface area (Å²) in [6.45, 7) is 8.31. The molecule has 0 aromatic carbocycles. The molecule has 0 aliphatic heterocycles. The Morgan fingerprint density at radius 2 is 1.48 bits per heavy atom. The second-order valence-corrected chi connectivity index (χ2v) is 4.47. The Labute approximate surface area is 132 Å². The third-order valence-corrected chi connectivity index (χ3v) is 2.48. The third-order valence-electron chi connectivity index (χ3n) is 2.26. The summed E-state index contributed by atoms with van der Waals surface area (Å²) in [5.74, 6) is 0.558. The topological polar surface area (TPSA) is 66.0 Å². The largest absolute Gasteiger partial charge is 0.377 e. The lowest BCUT2D eigenvalue weighted by Crippen LogP contribution is -2.27. The molecule has 0 atom stereocenters. The van der Waals surface area contributed by atoms with Crippen LogP contribution in [0, 0.1) is 0 Å². The number of carbonyl (C=O) groups excluding carboxylic acids is 1. The predicted octanol–water partition coefficient (Wildman–Crippen LogP) is 0.675. The monoisotopic (exact) mass is 321 g/mol. The molecule has 0 aromatic heterocycles. The zero-order valence-electron chi connectivity index (χ0n) is 12.6. The van der Waals surface area contributed by atoms with Gasteiger partial charge in [-0.2, -0.15) is 12.6 Å². The van der Waals surface area contributed by atoms with Gasteiger partial charge in [0.25, 0.3) is 0 Å². The maximum absolute atomic E-state index is 11.1. The maximum Gasteiger partial charge on any atom is 0.220 e. The van der Waals surface area contributed by atoms with Crippen LogP contribution < -0.4 is 5.32 Å². The van der Waals surface area contributed by atoms with Crippen LogP contribution in [0.5, 0.6) is 0 Å². The van der Waals surface area contributed by atoms with Crippen molar-refractivity contribution in [3.63, 3.8) is 0 Å². The number of hydrogen-bond donors (Lipinski definition) is 2. The van der Waals surface area contributed by atoms with Crippen LogP contribution in [0.2, 0.25) is 0 Å². The van der Waals surface area contributed by atoms with Crippen LogP contribution >= 0.6 is 12.6 Å². The fraction of sp³-hybridized carbons (Fsp3) is 0.786. The zero-order valence-corrected chi connectivity index (χ0v) is 13.4. The van der Waals surface area contributed by atoms with Crippen LogP contribution in [-0.4, -0.2) is 71.1 Å². The minimum absolute atomic E-state index is 0.000862. The van der Waals surface area contributed by atoms with Crippen LogP contribution in [0.4, 0.5) is 0 Å². The maximum atomic E-state index is 11.1. The van der Waals surface area contributed by atoms with E-state index in [2.05, 4.69) is 24.5 Å². The first-order chi connectivity index (χ1) is 10.3. The molecule has 1 N–H and O–H groups in total. The number of nitrogens with one attached hydrogen (secondary N) is 1. The summed E-state index contributed by atoms with van der Waals surface area (Å²) in [5, 5.41) is 2.73. The van der Waals surface area contributed by atoms with Crippen molar-refractivity contribution in [2.24, 2.45) is 0 Å². The molecule has 0 heterocycles. The smallest absolute Gasteiger partial charge is 0.220 e. The van der Waals surface area contributed by atoms with Gasteiger partial charge in [-0.3, -0.25) is 4.79 Å². The summed E-state index contributed by atoms with van der Waals surface area (Å²) in [7, 11) is 0. The molecule has 0 aliphatic rings. The van der Waals surface area contributed by atoms with Crippen LogP contribution in [-0.2, 0) is 23.7 Å². The van der Waals surface area contributed by atoms with E-state index < -0.39 is 0 Å². The van der Waals surface area contributed by atoms with Crippen molar-refractivity contribution >= 4 is 18.5 Å². The van der Waals surface area contributed by atoms with E-state index >= 15 is 0 Å². The normalized spacial score (nSPS) is 10.5. The number of amides is 1. The molecule has 0 aromatic rings. The first-order valence-electron chi connectivity index (χ1n) is 7.10. The van der Waals surface area contributed by atoms with Gasteiger partial charge in [-0.25, -0.2) is 0 Å². The molecule has 0 unspecified atom stereocenters. The Balaban J connectivity index is 3.02. The molecule has 0 aliphatic carbocycles. The Kier molecular flexibility index (Phi) is 17.0. The Hall–Kier alpha value is -0.600. The lowest BCUT2D eigenvalue weighted by molar-refractivity contribution is -0.120. The molecular formula is C14H27NO5S. The molecule has 6 nitrogen and oxygen atoms in total. The van der Waals surface area contributed by atoms with Crippen molar-refractivity contribution in [1.82, 2.24) is 5.32 Å². The van der Waals surface area contributed by atoms with Gasteiger partial charge in [0.15, 0.2) is 0 Å². The average molecular weight is 321 g/mol. The van der Waals surface area contributed by atoms with Crippen LogP contribution in [0.1, 0.15) is 6.42 Å². The molecule has 0 bridgehead atoms. The Morgan fingerprint density at radius 3 is 2.00 bits per heavy atom. The van der Waals surface area contributed by atoms with Gasteiger partial charge in [0.2, 0.25) is 5.91 Å². The number of thiol groups is 1. The quantitative estimate of drug-likeness (QED) is 0.249. The van der Waals surface area contributed by atoms with Gasteiger partial charge in [0, 0.05) is 13.0 Å². The highest BCUT2D eigenvalue weighted by molar-refractivity contribution is 7.80. The third kappa shape index (κ3) is 17.3. The first-order valence-corrected chi connectivity index (χ1v) is 7.74. The van der Waals surface area contributed by atoms with E-state index in [1.807, 2.05) is 0 Å². The number of hydrogen-bond acceptors (Lipinski definition) is 6. The second kappa shape index (κ2) is 17.5. The molecular weight excluding hydrogens is 294 g/mol. The summed E-state index contributed by atoms with van der Waals surface area (Å²) in [5.41, 5.74) is 0. The standard InChI is InChI=1S/C14H27NO5S/c1-2-5-17-7-9-19-11-12-20-10-8-18-6-4-15-14(16)3-13-21/h2,21H,1,3-13H2,(H,15,16). The molecule has 124 valence electrons. The molecule has 7 heteroatoms. The number of rotatable bonds is 16. The van der Waals surface area contributed by atoms with E-state index in [9.17, 15) is 4.79 Å². The van der Waals surface area contributed by atoms with Gasteiger partial charge in [0.1, 0.15) is 0 Å². The van der Waals surface area contributed by atoms with Gasteiger partial charge in [-0.05, 0) is 5.75 Å². The van der Waals surface area contributed by atoms with Crippen molar-refractivity contribution in [3.05, 3.63) is 12.7 Å². The molecule has 0 spiro atoms. The SMILES string of the molecule is C=CCOCCOCCOCCOCCNC(=O)CCS. The fourth-order valence-electron chi connectivity index (χ4n) is 1.28. The van der Waals surface area contributed by atoms with E-state index in [0.29, 0.717) is 71.6 Å². The predicted molar refractivity (Wildman–Crippen MR) is 85.0 cm³/mol. The molecule has 1 amide bonds. The highest BCUT2D eigenvalue weighted by Crippen LogP contribution is 1.84. The van der Waals surface area contributed by atoms with Crippen molar-refractivity contribution in [2.75, 3.05) is 65.2 Å². The average Bonchev–Trinajstić information content (AvgIpc) is 2.48. The highest BCUT2D eigenvalue weighted by atomic mass is 32.1. The molecule has 0 saturated carbocycles. The summed E-state index contributed by atoms with van der Waals surface area (Å²) in [6, 6.07) is 0. The lowest BCUT2D eigenvalue weighted by Gasteiger charge is -2.07. The van der Waals surface area contributed by atoms with Gasteiger partial charge in [0.05, 0.1) is 52.9 Å². The minimum Gasteiger partial charge on any atom is -0.377 e. The van der Waals surface area contributed by atoms with Gasteiger partial charge in [-0.1, -0.05) is 6.08 Å². The van der Waals surface area contributed by atoms with E-state index in [-0.39, 0.29) is 5.91 Å². The Morgan fingerprint density at radius 1 is 0.952 bits per heavy atom. The number of ether oxygens (including phenoxy) is 4. The molecule has 0 fully saturated rings. The van der Waals surface area contributed by atoms with E-state index in [4.69, 9.17) is 18.9 Å². The van der Waals surface area contributed by atoms with Crippen molar-refractivity contribution < 1.29 is 23.7 Å². The van der Waals surface area contributed by atoms with Gasteiger partial charge < -0.3 is 24.3 Å². The fourth-order valence-corrected chi connectivity index (χ4v) is 1.48. The van der Waals surface area contributed by atoms with E-state index in [1.165, 1.54) is 0 Å². The summed E-state index contributed by atoms with van der Waals surface area (Å²) in [6.07, 6.45) is 2.14. The van der Waals surface area contributed by atoms with Crippen LogP contribution in [0.15, 0.2) is 12.7 Å². The second-order valence-electron chi connectivity index (χ2n) is 4.02. The molecule has 21 heavy (non-hydrogen) atoms. The van der Waals surface area contributed by atoms with Gasteiger partial charge in [-0.15, -0.1) is 6.58 Å². The summed E-state index contributed by atoms with van der Waals surface area (Å²) >= 11 is 3.98. The lowest BCUT2D eigenvalue weighted by atomic mass is 10.4. The highest BCUT2D eigenvalue weighted by Gasteiger charge is 1.97. The zero-order chi connectivity index (χ0) is 15.6.